The lowest BCUT2D eigenvalue weighted by molar-refractivity contribution is -0.193. The Labute approximate surface area is 177 Å². The van der Waals surface area contributed by atoms with Crippen molar-refractivity contribution in [3.8, 4) is 5.75 Å². The molecule has 0 saturated carbocycles. The summed E-state index contributed by atoms with van der Waals surface area (Å²) >= 11 is 0. The minimum absolute atomic E-state index is 0.0498. The maximum atomic E-state index is 15.1. The highest BCUT2D eigenvalue weighted by atomic mass is 19.4. The maximum absolute atomic E-state index is 15.1. The number of halogens is 4. The van der Waals surface area contributed by atoms with Crippen molar-refractivity contribution in [2.75, 3.05) is 37.7 Å². The highest BCUT2D eigenvalue weighted by Crippen LogP contribution is 2.42. The number of rotatable bonds is 2. The van der Waals surface area contributed by atoms with Gasteiger partial charge >= 0.3 is 18.1 Å². The minimum Gasteiger partial charge on any atom is -0.487 e. The summed E-state index contributed by atoms with van der Waals surface area (Å²) in [6.45, 7) is 3.47. The number of hydrazine groups is 1. The lowest BCUT2D eigenvalue weighted by Crippen LogP contribution is -2.49. The van der Waals surface area contributed by atoms with E-state index in [1.807, 2.05) is 0 Å². The molecule has 2 aliphatic rings. The average molecular weight is 458 g/mol. The van der Waals surface area contributed by atoms with Gasteiger partial charge in [0.2, 0.25) is 5.43 Å². The monoisotopic (exact) mass is 458 g/mol. The van der Waals surface area contributed by atoms with E-state index in [2.05, 4.69) is 4.74 Å². The topological polar surface area (TPSA) is 107 Å². The van der Waals surface area contributed by atoms with Crippen molar-refractivity contribution in [3.63, 3.8) is 0 Å². The zero-order chi connectivity index (χ0) is 23.4. The van der Waals surface area contributed by atoms with Crippen LogP contribution in [0.2, 0.25) is 0 Å². The van der Waals surface area contributed by atoms with E-state index in [4.69, 9.17) is 10.6 Å². The fraction of sp³-hybridized carbons (Fsp3) is 0.421. The molecule has 0 radical (unpaired) electrons. The number of carbonyl (C=O) groups excluding carboxylic acids is 2. The van der Waals surface area contributed by atoms with E-state index in [0.717, 1.165) is 12.3 Å². The molecular formula is C19H18F4N4O5. The first-order valence-electron chi connectivity index (χ1n) is 9.61. The largest absolute Gasteiger partial charge is 0.491 e. The Morgan fingerprint density at radius 3 is 2.50 bits per heavy atom. The molecule has 2 aliphatic heterocycles. The van der Waals surface area contributed by atoms with Crippen LogP contribution >= 0.6 is 0 Å². The van der Waals surface area contributed by atoms with E-state index in [0.29, 0.717) is 26.2 Å². The predicted molar refractivity (Wildman–Crippen MR) is 103 cm³/mol. The van der Waals surface area contributed by atoms with Gasteiger partial charge in [0.05, 0.1) is 16.9 Å². The first kappa shape index (κ1) is 22.0. The second-order valence-corrected chi connectivity index (χ2v) is 7.57. The van der Waals surface area contributed by atoms with Crippen LogP contribution in [-0.2, 0) is 9.53 Å². The molecular weight excluding hydrogens is 440 g/mol. The Bertz CT molecular complexity index is 1170. The van der Waals surface area contributed by atoms with Gasteiger partial charge < -0.3 is 18.9 Å². The van der Waals surface area contributed by atoms with Gasteiger partial charge in [-0.25, -0.2) is 19.0 Å². The van der Waals surface area contributed by atoms with Crippen LogP contribution in [0.5, 0.6) is 5.75 Å². The molecule has 2 aromatic rings. The second-order valence-electron chi connectivity index (χ2n) is 7.57. The molecule has 2 N–H and O–H groups in total. The molecule has 4 rings (SSSR count). The van der Waals surface area contributed by atoms with Crippen molar-refractivity contribution >= 4 is 28.5 Å². The van der Waals surface area contributed by atoms with Gasteiger partial charge in [0.25, 0.3) is 0 Å². The normalized spacial score (nSPS) is 19.1. The molecule has 32 heavy (non-hydrogen) atoms. The molecule has 0 unspecified atom stereocenters. The predicted octanol–water partition coefficient (Wildman–Crippen LogP) is 1.34. The number of hydrogen-bond acceptors (Lipinski definition) is 8. The van der Waals surface area contributed by atoms with Gasteiger partial charge in [-0.3, -0.25) is 10.6 Å². The molecule has 13 heteroatoms. The molecule has 1 saturated heterocycles. The number of carbonyl (C=O) groups is 2. The summed E-state index contributed by atoms with van der Waals surface area (Å²) in [5.41, 5.74) is -1.57. The number of hydrogen-bond donors (Lipinski definition) is 1. The first-order valence-corrected chi connectivity index (χ1v) is 9.61. The molecule has 0 spiro atoms. The average Bonchev–Trinajstić information content (AvgIpc) is 2.72. The maximum Gasteiger partial charge on any atom is 0.491 e. The summed E-state index contributed by atoms with van der Waals surface area (Å²) in [5, 5.41) is 1.30. The van der Waals surface area contributed by atoms with E-state index < -0.39 is 41.0 Å². The molecule has 9 nitrogen and oxygen atoms in total. The molecule has 0 amide bonds. The van der Waals surface area contributed by atoms with Crippen molar-refractivity contribution in [3.05, 3.63) is 33.9 Å². The van der Waals surface area contributed by atoms with Crippen molar-refractivity contribution < 1.29 is 36.6 Å². The summed E-state index contributed by atoms with van der Waals surface area (Å²) in [4.78, 5) is 37.8. The number of aromatic nitrogens is 1. The number of pyridine rings is 1. The summed E-state index contributed by atoms with van der Waals surface area (Å²) in [6.07, 6.45) is -4.41. The van der Waals surface area contributed by atoms with Gasteiger partial charge in [0.15, 0.2) is 11.6 Å². The number of nitrogens with two attached hydrogens (primary N) is 1. The quantitative estimate of drug-likeness (QED) is 0.311. The Kier molecular flexibility index (Phi) is 5.33. The Morgan fingerprint density at radius 2 is 1.88 bits per heavy atom. The Hall–Kier alpha value is -3.19. The molecule has 0 bridgehead atoms. The lowest BCUT2D eigenvalue weighted by Gasteiger charge is -2.36. The van der Waals surface area contributed by atoms with Crippen molar-refractivity contribution in [2.24, 2.45) is 5.84 Å². The fourth-order valence-corrected chi connectivity index (χ4v) is 3.79. The number of ether oxygens (including phenoxy) is 2. The van der Waals surface area contributed by atoms with Crippen LogP contribution in [0.15, 0.2) is 17.1 Å². The molecule has 1 aromatic heterocycles. The third-order valence-electron chi connectivity index (χ3n) is 5.41. The van der Waals surface area contributed by atoms with E-state index in [-0.39, 0.29) is 28.9 Å². The van der Waals surface area contributed by atoms with E-state index >= 15 is 4.39 Å². The van der Waals surface area contributed by atoms with Crippen LogP contribution in [0.25, 0.3) is 10.9 Å². The van der Waals surface area contributed by atoms with Crippen LogP contribution in [0.3, 0.4) is 0 Å². The zero-order valence-electron chi connectivity index (χ0n) is 16.7. The number of benzene rings is 1. The Balaban J connectivity index is 1.86. The van der Waals surface area contributed by atoms with Gasteiger partial charge in [-0.05, 0) is 13.0 Å². The first-order chi connectivity index (χ1) is 15.0. The van der Waals surface area contributed by atoms with Crippen LogP contribution in [0, 0.1) is 5.82 Å². The Morgan fingerprint density at radius 1 is 1.22 bits per heavy atom. The van der Waals surface area contributed by atoms with Crippen LogP contribution in [0.1, 0.15) is 23.3 Å². The van der Waals surface area contributed by atoms with Crippen LogP contribution in [0.4, 0.5) is 23.2 Å². The van der Waals surface area contributed by atoms with Crippen molar-refractivity contribution in [1.29, 1.82) is 0 Å². The standard InChI is InChI=1S/C19H18F4N4O5/c1-9-8-31-16-13-10(6-12(20)14(16)25-2-4-26(24)5-3-25)15(28)11(7-27(9)13)17(29)32-18(30)19(21,22)23/h6-7,9H,2-5,8,24H2,1H3/t9-/m0/s1. The number of alkyl halides is 3. The lowest BCUT2D eigenvalue weighted by atomic mass is 10.1. The van der Waals surface area contributed by atoms with Gasteiger partial charge in [-0.2, -0.15) is 13.2 Å². The molecule has 0 aliphatic carbocycles. The highest BCUT2D eigenvalue weighted by molar-refractivity contribution is 6.01. The van der Waals surface area contributed by atoms with E-state index in [1.165, 1.54) is 4.57 Å². The molecule has 1 fully saturated rings. The van der Waals surface area contributed by atoms with Gasteiger partial charge in [0, 0.05) is 32.4 Å². The summed E-state index contributed by atoms with van der Waals surface area (Å²) in [5.74, 6) is 0.520. The third kappa shape index (κ3) is 3.66. The SMILES string of the molecule is C[C@H]1COc2c(N3CCN(N)CC3)c(F)cc3c(=O)c(C(=O)OC(=O)C(F)(F)F)cn1c23. The zero-order valence-corrected chi connectivity index (χ0v) is 16.7. The summed E-state index contributed by atoms with van der Waals surface area (Å²) < 4.78 is 63.5. The molecule has 1 atom stereocenters. The number of piperazine rings is 1. The molecule has 172 valence electrons. The van der Waals surface area contributed by atoms with Gasteiger partial charge in [-0.1, -0.05) is 0 Å². The molecule has 1 aromatic carbocycles. The van der Waals surface area contributed by atoms with E-state index in [1.54, 1.807) is 16.8 Å². The fourth-order valence-electron chi connectivity index (χ4n) is 3.79. The van der Waals surface area contributed by atoms with Gasteiger partial charge in [-0.15, -0.1) is 0 Å². The van der Waals surface area contributed by atoms with Crippen LogP contribution < -0.4 is 20.9 Å². The van der Waals surface area contributed by atoms with Crippen LogP contribution in [-0.4, -0.2) is 60.5 Å². The smallest absolute Gasteiger partial charge is 0.487 e. The minimum atomic E-state index is -5.42. The number of esters is 2. The van der Waals surface area contributed by atoms with Crippen molar-refractivity contribution in [2.45, 2.75) is 19.1 Å². The second kappa shape index (κ2) is 7.74. The van der Waals surface area contributed by atoms with Gasteiger partial charge in [0.1, 0.15) is 17.9 Å². The highest BCUT2D eigenvalue weighted by Gasteiger charge is 2.43. The van der Waals surface area contributed by atoms with E-state index in [9.17, 15) is 27.6 Å². The summed E-state index contributed by atoms with van der Waals surface area (Å²) in [7, 11) is 0. The number of anilines is 1. The third-order valence-corrected chi connectivity index (χ3v) is 5.41. The summed E-state index contributed by atoms with van der Waals surface area (Å²) in [6, 6.07) is 0.459. The number of nitrogens with zero attached hydrogens (tertiary/aromatic N) is 3. The molecule has 3 heterocycles. The van der Waals surface area contributed by atoms with Crippen molar-refractivity contribution in [1.82, 2.24) is 9.58 Å².